The van der Waals surface area contributed by atoms with E-state index in [1.54, 1.807) is 41.5 Å². The van der Waals surface area contributed by atoms with E-state index in [0.29, 0.717) is 17.5 Å². The molecule has 0 radical (unpaired) electrons. The monoisotopic (exact) mass is 1640 g/mol. The van der Waals surface area contributed by atoms with E-state index in [1.165, 1.54) is 43.4 Å². The van der Waals surface area contributed by atoms with Crippen molar-refractivity contribution < 1.29 is 53.1 Å². The zero-order valence-corrected chi connectivity index (χ0v) is 69.5. The number of Topliss-reactive ketones (excluding diaryl/α,β-unsaturated/α-hetero) is 1. The number of aliphatic hydroxyl groups excluding tert-OH is 2. The SMILES string of the molecule is CC(=O)O[C@H](C)c1nnn(-c2cccc(C)c2)n1.CC(=O)c1nnn(-c2cccc(C)c2)n1.CCOC(=O)/C(N)=N\Nc1cccc(C)c1.CCOC(=O)/C(N)=N\Nc1cccc(C)c1.CCOC(=O)c1nnn(-c2cccc(C)c2)n1.Cc1cccc(-n2nnc(C(C)O)n2)c1.Cc1cccc(-n2nnc([C@@H](C)O)n2)c1.Cc1cccc(N)c1. The Bertz CT molecular complexity index is 5320. The van der Waals surface area contributed by atoms with Gasteiger partial charge in [0.15, 0.2) is 6.10 Å². The summed E-state index contributed by atoms with van der Waals surface area (Å²) in [5, 5.41) is 84.2. The van der Waals surface area contributed by atoms with Crippen LogP contribution in [0.15, 0.2) is 204 Å². The van der Waals surface area contributed by atoms with Crippen LogP contribution in [0.2, 0.25) is 0 Å². The van der Waals surface area contributed by atoms with Gasteiger partial charge in [-0.3, -0.25) is 20.4 Å². The van der Waals surface area contributed by atoms with E-state index in [1.807, 2.05) is 250 Å². The lowest BCUT2D eigenvalue weighted by Crippen LogP contribution is -2.27. The van der Waals surface area contributed by atoms with Gasteiger partial charge in [0.1, 0.15) is 12.2 Å². The van der Waals surface area contributed by atoms with Gasteiger partial charge >= 0.3 is 23.9 Å². The molecule has 3 atom stereocenters. The Kier molecular flexibility index (Phi) is 37.8. The van der Waals surface area contributed by atoms with Crippen LogP contribution in [0.25, 0.3) is 28.4 Å². The molecule has 0 fully saturated rings. The Morgan fingerprint density at radius 2 is 0.683 bits per heavy atom. The number of carbonyl (C=O) groups is 5. The lowest BCUT2D eigenvalue weighted by molar-refractivity contribution is -0.146. The zero-order valence-electron chi connectivity index (χ0n) is 69.5. The number of anilines is 3. The molecule has 5 aromatic heterocycles. The van der Waals surface area contributed by atoms with Crippen LogP contribution in [0.3, 0.4) is 0 Å². The molecular formula is C82H99N27O11. The second-order valence-corrected chi connectivity index (χ2v) is 26.0. The van der Waals surface area contributed by atoms with Gasteiger partial charge in [-0.25, -0.2) is 14.4 Å². The van der Waals surface area contributed by atoms with Gasteiger partial charge in [0.2, 0.25) is 40.8 Å². The van der Waals surface area contributed by atoms with Crippen molar-refractivity contribution in [1.29, 1.82) is 0 Å². The molecule has 0 aliphatic carbocycles. The van der Waals surface area contributed by atoms with Crippen LogP contribution in [0.1, 0.15) is 157 Å². The number of nitrogens with zero attached hydrogens (tertiary/aromatic N) is 22. The first-order chi connectivity index (χ1) is 57.3. The van der Waals surface area contributed by atoms with Gasteiger partial charge in [-0.15, -0.1) is 85.2 Å². The summed E-state index contributed by atoms with van der Waals surface area (Å²) in [6.07, 6.45) is -1.88. The number of nitrogens with two attached hydrogens (primary N) is 3. The van der Waals surface area contributed by atoms with Crippen molar-refractivity contribution in [3.63, 3.8) is 0 Å². The predicted molar refractivity (Wildman–Crippen MR) is 449 cm³/mol. The van der Waals surface area contributed by atoms with Crippen LogP contribution in [0.4, 0.5) is 17.1 Å². The quantitative estimate of drug-likeness (QED) is 0.00798. The molecule has 13 aromatic rings. The number of aryl methyl sites for hydroxylation is 8. The maximum Gasteiger partial charge on any atom is 0.380 e. The highest BCUT2D eigenvalue weighted by atomic mass is 16.5. The fourth-order valence-electron chi connectivity index (χ4n) is 9.48. The Morgan fingerprint density at radius 3 is 0.967 bits per heavy atom. The topological polar surface area (TPSA) is 508 Å². The molecule has 10 N–H and O–H groups in total. The van der Waals surface area contributed by atoms with E-state index < -0.39 is 36.2 Å². The summed E-state index contributed by atoms with van der Waals surface area (Å²) in [6, 6.07) is 61.4. The molecule has 8 aromatic carbocycles. The Hall–Kier alpha value is -15.1. The van der Waals surface area contributed by atoms with Gasteiger partial charge in [0, 0.05) is 19.5 Å². The first kappa shape index (κ1) is 93.8. The van der Waals surface area contributed by atoms with Gasteiger partial charge in [-0.1, -0.05) is 97.1 Å². The van der Waals surface area contributed by atoms with E-state index >= 15 is 0 Å². The maximum atomic E-state index is 11.4. The molecule has 0 aliphatic heterocycles. The van der Waals surface area contributed by atoms with Gasteiger partial charge in [0.05, 0.1) is 59.6 Å². The van der Waals surface area contributed by atoms with Crippen molar-refractivity contribution in [2.75, 3.05) is 36.4 Å². The molecule has 0 bridgehead atoms. The lowest BCUT2D eigenvalue weighted by Gasteiger charge is -2.06. The van der Waals surface area contributed by atoms with E-state index in [4.69, 9.17) is 26.7 Å². The number of benzene rings is 8. The van der Waals surface area contributed by atoms with Crippen molar-refractivity contribution in [1.82, 2.24) is 101 Å². The third kappa shape index (κ3) is 32.7. The molecule has 5 heterocycles. The molecule has 0 saturated carbocycles. The van der Waals surface area contributed by atoms with E-state index in [9.17, 15) is 34.2 Å². The number of amidine groups is 2. The highest BCUT2D eigenvalue weighted by Crippen LogP contribution is 2.17. The number of rotatable bonds is 18. The molecule has 38 nitrogen and oxygen atoms in total. The predicted octanol–water partition coefficient (Wildman–Crippen LogP) is 10.0. The van der Waals surface area contributed by atoms with Crippen LogP contribution in [-0.2, 0) is 33.3 Å². The molecule has 1 unspecified atom stereocenters. The number of carbonyl (C=O) groups excluding carboxylic acids is 5. The third-order valence-corrected chi connectivity index (χ3v) is 15.2. The number of nitrogens with one attached hydrogen (secondary N) is 2. The average molecular weight is 1640 g/mol. The summed E-state index contributed by atoms with van der Waals surface area (Å²) >= 11 is 0. The van der Waals surface area contributed by atoms with Crippen molar-refractivity contribution in [3.8, 4) is 28.4 Å². The van der Waals surface area contributed by atoms with Gasteiger partial charge < -0.3 is 46.4 Å². The van der Waals surface area contributed by atoms with E-state index in [0.717, 1.165) is 84.4 Å². The minimum absolute atomic E-state index is 0.0339. The normalized spacial score (nSPS) is 11.3. The third-order valence-electron chi connectivity index (χ3n) is 15.2. The Balaban J connectivity index is 0.000000214. The summed E-state index contributed by atoms with van der Waals surface area (Å²) in [5.41, 5.74) is 37.0. The number of ketones is 1. The zero-order chi connectivity index (χ0) is 87.8. The number of tetrazole rings is 5. The lowest BCUT2D eigenvalue weighted by atomic mass is 10.2. The van der Waals surface area contributed by atoms with E-state index in [-0.39, 0.29) is 54.9 Å². The number of hydrogen-bond acceptors (Lipinski definition) is 31. The number of nitrogen functional groups attached to an aromatic ring is 1. The summed E-state index contributed by atoms with van der Waals surface area (Å²) < 4.78 is 19.1. The molecule has 0 saturated heterocycles. The average Bonchev–Trinajstić information content (AvgIpc) is 1.74. The molecular weight excluding hydrogens is 1540 g/mol. The van der Waals surface area contributed by atoms with E-state index in [2.05, 4.69) is 108 Å². The molecule has 628 valence electrons. The summed E-state index contributed by atoms with van der Waals surface area (Å²) in [4.78, 5) is 62.3. The van der Waals surface area contributed by atoms with Gasteiger partial charge in [0.25, 0.3) is 5.82 Å². The smallest absolute Gasteiger partial charge is 0.380 e. The molecule has 13 rings (SSSR count). The molecule has 0 spiro atoms. The summed E-state index contributed by atoms with van der Waals surface area (Å²) in [6.45, 7) is 29.5. The highest BCUT2D eigenvalue weighted by molar-refractivity contribution is 6.35. The largest absolute Gasteiger partial charge is 0.460 e. The number of esters is 4. The number of hydrazone groups is 2. The summed E-state index contributed by atoms with van der Waals surface area (Å²) in [5.74, 6) is -1.60. The maximum absolute atomic E-state index is 11.4. The first-order valence-electron chi connectivity index (χ1n) is 37.4. The molecule has 38 heteroatoms. The summed E-state index contributed by atoms with van der Waals surface area (Å²) in [7, 11) is 0. The van der Waals surface area contributed by atoms with Crippen molar-refractivity contribution in [2.45, 2.75) is 129 Å². The second kappa shape index (κ2) is 48.3. The Labute approximate surface area is 692 Å². The van der Waals surface area contributed by atoms with Crippen LogP contribution >= 0.6 is 0 Å². The molecule has 0 amide bonds. The number of aromatic nitrogens is 20. The van der Waals surface area contributed by atoms with Crippen molar-refractivity contribution in [2.24, 2.45) is 21.7 Å². The standard InChI is InChI=1S/C12H14N4O2.C11H12N4O2.2C11H15N3O2.2C10H12N4O.C10H10N4O.C7H9N/c1-8-5-4-6-11(7-8)16-14-12(13-15-16)9(2)18-10(3)17;1-3-17-11(16)10-12-14-15(13-10)9-6-4-5-8(2)7-9;2*1-3-16-11(15)10(12)14-13-9-6-4-5-8(2)7-9;3*1-7-4-3-5-9(6-7)14-12-10(8(2)15)11-13-14;1-6-3-2-4-7(8)5-6/h4-7,9H,1-3H3;4-7H,3H2,1-2H3;2*4-7,13H,3H2,1-2H3,(H2,12,14);2*3-6,8,15H,1-2H3;3-6H,1-2H3;2-5H,8H2,1H3/t9-;;;;8-;;;/m1...1.../s1. The first-order valence-corrected chi connectivity index (χ1v) is 37.4. The number of hydrogen-bond donors (Lipinski definition) is 7. The van der Waals surface area contributed by atoms with Crippen LogP contribution < -0.4 is 28.1 Å². The van der Waals surface area contributed by atoms with Crippen molar-refractivity contribution >= 4 is 58.4 Å². The fourth-order valence-corrected chi connectivity index (χ4v) is 9.48. The minimum Gasteiger partial charge on any atom is -0.460 e. The highest BCUT2D eigenvalue weighted by Gasteiger charge is 2.18. The van der Waals surface area contributed by atoms with Crippen molar-refractivity contribution in [3.05, 3.63) is 268 Å². The van der Waals surface area contributed by atoms with Crippen LogP contribution in [0, 0.1) is 55.4 Å². The van der Waals surface area contributed by atoms with Gasteiger partial charge in [-0.2, -0.15) is 0 Å². The van der Waals surface area contributed by atoms with Gasteiger partial charge in [-0.05, 0) is 265 Å². The number of aliphatic hydroxyl groups is 2. The fraction of sp³-hybridized carbons (Fsp3) is 0.268. The minimum atomic E-state index is -0.691. The van der Waals surface area contributed by atoms with Crippen LogP contribution in [-0.4, -0.2) is 172 Å². The molecule has 0 aliphatic rings. The molecule has 120 heavy (non-hydrogen) atoms. The van der Waals surface area contributed by atoms with Crippen LogP contribution in [0.5, 0.6) is 0 Å². The number of ether oxygens (including phenoxy) is 4. The second-order valence-electron chi connectivity index (χ2n) is 26.0. The Morgan fingerprint density at radius 1 is 0.392 bits per heavy atom.